The number of hydrogen-bond acceptors (Lipinski definition) is 7. The molecular weight excluding hydrogens is 270 g/mol. The second-order valence-electron chi connectivity index (χ2n) is 4.29. The maximum absolute atomic E-state index is 11.7. The average Bonchev–Trinajstić information content (AvgIpc) is 2.74. The van der Waals surface area contributed by atoms with Crippen LogP contribution in [0.15, 0.2) is 12.4 Å². The smallest absolute Gasteiger partial charge is 0.358 e. The van der Waals surface area contributed by atoms with Gasteiger partial charge in [0.05, 0.1) is 30.5 Å². The van der Waals surface area contributed by atoms with Gasteiger partial charge in [0.15, 0.2) is 15.5 Å². The Labute approximate surface area is 111 Å². The lowest BCUT2D eigenvalue weighted by Gasteiger charge is -2.11. The summed E-state index contributed by atoms with van der Waals surface area (Å²) in [5.74, 6) is 0.0300. The van der Waals surface area contributed by atoms with Crippen LogP contribution in [-0.4, -0.2) is 49.0 Å². The SMILES string of the molecule is COC(=O)c1cncc(NCC2CCCS2(=O)=O)n1. The largest absolute Gasteiger partial charge is 0.464 e. The van der Waals surface area contributed by atoms with Crippen LogP contribution in [0.4, 0.5) is 5.82 Å². The zero-order valence-electron chi connectivity index (χ0n) is 10.5. The third-order valence-corrected chi connectivity index (χ3v) is 5.28. The first kappa shape index (κ1) is 13.7. The number of methoxy groups -OCH3 is 1. The van der Waals surface area contributed by atoms with Gasteiger partial charge in [0.2, 0.25) is 0 Å². The number of rotatable bonds is 4. The summed E-state index contributed by atoms with van der Waals surface area (Å²) >= 11 is 0. The Morgan fingerprint density at radius 1 is 1.53 bits per heavy atom. The van der Waals surface area contributed by atoms with E-state index in [0.29, 0.717) is 18.7 Å². The predicted molar refractivity (Wildman–Crippen MR) is 68.7 cm³/mol. The standard InChI is InChI=1S/C11H15N3O4S/c1-18-11(15)9-6-12-7-10(14-9)13-5-8-3-2-4-19(8,16)17/h6-8H,2-5H2,1H3,(H,13,14). The highest BCUT2D eigenvalue weighted by Gasteiger charge is 2.30. The van der Waals surface area contributed by atoms with Crippen molar-refractivity contribution in [1.82, 2.24) is 9.97 Å². The van der Waals surface area contributed by atoms with E-state index in [1.807, 2.05) is 0 Å². The van der Waals surface area contributed by atoms with E-state index in [1.165, 1.54) is 19.5 Å². The van der Waals surface area contributed by atoms with Crippen molar-refractivity contribution in [3.8, 4) is 0 Å². The molecule has 104 valence electrons. The summed E-state index contributed by atoms with van der Waals surface area (Å²) in [5.41, 5.74) is 0.0850. The van der Waals surface area contributed by atoms with Gasteiger partial charge in [0, 0.05) is 6.54 Å². The fourth-order valence-electron chi connectivity index (χ4n) is 1.96. The van der Waals surface area contributed by atoms with Crippen molar-refractivity contribution >= 4 is 21.6 Å². The minimum Gasteiger partial charge on any atom is -0.464 e. The lowest BCUT2D eigenvalue weighted by molar-refractivity contribution is 0.0593. The summed E-state index contributed by atoms with van der Waals surface area (Å²) in [4.78, 5) is 19.2. The molecule has 7 nitrogen and oxygen atoms in total. The Kier molecular flexibility index (Phi) is 3.98. The van der Waals surface area contributed by atoms with Gasteiger partial charge >= 0.3 is 5.97 Å². The fraction of sp³-hybridized carbons (Fsp3) is 0.545. The number of carbonyl (C=O) groups is 1. The molecule has 8 heteroatoms. The number of hydrogen-bond donors (Lipinski definition) is 1. The molecule has 19 heavy (non-hydrogen) atoms. The fourth-order valence-corrected chi connectivity index (χ4v) is 3.73. The number of anilines is 1. The van der Waals surface area contributed by atoms with Gasteiger partial charge in [-0.25, -0.2) is 18.2 Å². The molecule has 2 heterocycles. The number of nitrogens with zero attached hydrogens (tertiary/aromatic N) is 2. The van der Waals surface area contributed by atoms with Crippen LogP contribution in [0.3, 0.4) is 0 Å². The molecule has 1 aromatic rings. The number of carbonyl (C=O) groups excluding carboxylic acids is 1. The molecule has 1 saturated heterocycles. The zero-order chi connectivity index (χ0) is 13.9. The predicted octanol–water partition coefficient (Wildman–Crippen LogP) is 0.252. The third-order valence-electron chi connectivity index (χ3n) is 3.00. The summed E-state index contributed by atoms with van der Waals surface area (Å²) < 4.78 is 27.8. The van der Waals surface area contributed by atoms with E-state index < -0.39 is 21.1 Å². The molecule has 1 fully saturated rings. The topological polar surface area (TPSA) is 98.2 Å². The van der Waals surface area contributed by atoms with Gasteiger partial charge in [-0.1, -0.05) is 0 Å². The first-order valence-electron chi connectivity index (χ1n) is 5.89. The van der Waals surface area contributed by atoms with Crippen molar-refractivity contribution in [2.24, 2.45) is 0 Å². The van der Waals surface area contributed by atoms with Gasteiger partial charge in [-0.3, -0.25) is 4.98 Å². The average molecular weight is 285 g/mol. The van der Waals surface area contributed by atoms with E-state index in [4.69, 9.17) is 0 Å². The van der Waals surface area contributed by atoms with E-state index in [2.05, 4.69) is 20.0 Å². The van der Waals surface area contributed by atoms with Crippen LogP contribution in [-0.2, 0) is 14.6 Å². The molecule has 2 rings (SSSR count). The van der Waals surface area contributed by atoms with Crippen LogP contribution >= 0.6 is 0 Å². The van der Waals surface area contributed by atoms with Crippen molar-refractivity contribution < 1.29 is 17.9 Å². The molecule has 0 amide bonds. The normalized spacial score (nSPS) is 21.0. The molecule has 1 aromatic heterocycles. The molecule has 1 unspecified atom stereocenters. The Morgan fingerprint density at radius 2 is 2.32 bits per heavy atom. The van der Waals surface area contributed by atoms with E-state index in [0.717, 1.165) is 0 Å². The van der Waals surface area contributed by atoms with E-state index in [1.54, 1.807) is 0 Å². The molecule has 1 atom stereocenters. The summed E-state index contributed by atoms with van der Waals surface area (Å²) in [6.45, 7) is 0.279. The van der Waals surface area contributed by atoms with Crippen LogP contribution < -0.4 is 5.32 Å². The van der Waals surface area contributed by atoms with Crippen LogP contribution in [0.1, 0.15) is 23.3 Å². The summed E-state index contributed by atoms with van der Waals surface area (Å²) in [7, 11) is -1.73. The van der Waals surface area contributed by atoms with Gasteiger partial charge in [-0.05, 0) is 12.8 Å². The Morgan fingerprint density at radius 3 is 2.95 bits per heavy atom. The molecule has 0 aliphatic carbocycles. The number of nitrogens with one attached hydrogen (secondary N) is 1. The van der Waals surface area contributed by atoms with Gasteiger partial charge in [-0.15, -0.1) is 0 Å². The minimum absolute atomic E-state index is 0.0850. The maximum atomic E-state index is 11.7. The van der Waals surface area contributed by atoms with E-state index in [-0.39, 0.29) is 18.0 Å². The van der Waals surface area contributed by atoms with Crippen LogP contribution in [0, 0.1) is 0 Å². The zero-order valence-corrected chi connectivity index (χ0v) is 11.3. The number of sulfone groups is 1. The highest BCUT2D eigenvalue weighted by molar-refractivity contribution is 7.92. The molecule has 0 bridgehead atoms. The highest BCUT2D eigenvalue weighted by Crippen LogP contribution is 2.20. The Bertz CT molecular complexity index is 573. The molecule has 0 saturated carbocycles. The van der Waals surface area contributed by atoms with Crippen molar-refractivity contribution in [2.75, 3.05) is 24.7 Å². The highest BCUT2D eigenvalue weighted by atomic mass is 32.2. The first-order chi connectivity index (χ1) is 9.03. The number of esters is 1. The summed E-state index contributed by atoms with van der Waals surface area (Å²) in [6.07, 6.45) is 4.08. The second-order valence-corrected chi connectivity index (χ2v) is 6.69. The van der Waals surface area contributed by atoms with E-state index in [9.17, 15) is 13.2 Å². The molecular formula is C11H15N3O4S. The maximum Gasteiger partial charge on any atom is 0.358 e. The molecule has 1 N–H and O–H groups in total. The summed E-state index contributed by atoms with van der Waals surface area (Å²) in [6, 6.07) is 0. The quantitative estimate of drug-likeness (QED) is 0.792. The lowest BCUT2D eigenvalue weighted by Crippen LogP contribution is -2.25. The van der Waals surface area contributed by atoms with Gasteiger partial charge in [0.1, 0.15) is 5.82 Å². The van der Waals surface area contributed by atoms with Crippen molar-refractivity contribution in [3.63, 3.8) is 0 Å². The number of aromatic nitrogens is 2. The van der Waals surface area contributed by atoms with Gasteiger partial charge in [-0.2, -0.15) is 0 Å². The molecule has 1 aliphatic heterocycles. The van der Waals surface area contributed by atoms with Crippen LogP contribution in [0.2, 0.25) is 0 Å². The Balaban J connectivity index is 2.02. The van der Waals surface area contributed by atoms with Crippen molar-refractivity contribution in [1.29, 1.82) is 0 Å². The Hall–Kier alpha value is -1.70. The second kappa shape index (κ2) is 5.52. The van der Waals surface area contributed by atoms with E-state index >= 15 is 0 Å². The van der Waals surface area contributed by atoms with Gasteiger partial charge in [0.25, 0.3) is 0 Å². The third kappa shape index (κ3) is 3.19. The van der Waals surface area contributed by atoms with Crippen molar-refractivity contribution in [3.05, 3.63) is 18.1 Å². The lowest BCUT2D eigenvalue weighted by atomic mass is 10.2. The molecule has 0 aromatic carbocycles. The molecule has 0 spiro atoms. The summed E-state index contributed by atoms with van der Waals surface area (Å²) in [5, 5.41) is 2.51. The van der Waals surface area contributed by atoms with Crippen LogP contribution in [0.25, 0.3) is 0 Å². The number of ether oxygens (including phenoxy) is 1. The minimum atomic E-state index is -2.99. The molecule has 0 radical (unpaired) electrons. The van der Waals surface area contributed by atoms with Crippen LogP contribution in [0.5, 0.6) is 0 Å². The molecule has 1 aliphatic rings. The monoisotopic (exact) mass is 285 g/mol. The van der Waals surface area contributed by atoms with Gasteiger partial charge < -0.3 is 10.1 Å². The first-order valence-corrected chi connectivity index (χ1v) is 7.60. The van der Waals surface area contributed by atoms with Crippen molar-refractivity contribution in [2.45, 2.75) is 18.1 Å².